The molecule has 132 valence electrons. The molecule has 0 unspecified atom stereocenters. The number of carbonyl (C=O) groups excluding carboxylic acids is 3. The van der Waals surface area contributed by atoms with Crippen LogP contribution < -0.4 is 5.32 Å². The highest BCUT2D eigenvalue weighted by atomic mass is 79.9. The van der Waals surface area contributed by atoms with Gasteiger partial charge in [-0.15, -0.1) is 0 Å². The Balaban J connectivity index is 1.48. The van der Waals surface area contributed by atoms with Crippen LogP contribution >= 0.6 is 31.9 Å². The summed E-state index contributed by atoms with van der Waals surface area (Å²) in [4.78, 5) is 39.2. The highest BCUT2D eigenvalue weighted by Crippen LogP contribution is 2.60. The Kier molecular flexibility index (Phi) is 4.15. The van der Waals surface area contributed by atoms with Gasteiger partial charge in [0.15, 0.2) is 0 Å². The average molecular weight is 472 g/mol. The normalized spacial score (nSPS) is 36.0. The Morgan fingerprint density at radius 2 is 1.76 bits per heavy atom. The Hall–Kier alpha value is -1.41. The summed E-state index contributed by atoms with van der Waals surface area (Å²) < 4.78 is 0. The Labute approximate surface area is 161 Å². The first-order valence-electron chi connectivity index (χ1n) is 8.10. The number of benzene rings is 1. The highest BCUT2D eigenvalue weighted by Gasteiger charge is 2.66. The zero-order valence-corrected chi connectivity index (χ0v) is 16.2. The van der Waals surface area contributed by atoms with Gasteiger partial charge >= 0.3 is 0 Å². The Morgan fingerprint density at radius 1 is 1.16 bits per heavy atom. The fraction of sp³-hybridized carbons (Fsp3) is 0.471. The van der Waals surface area contributed by atoms with E-state index in [-0.39, 0.29) is 57.4 Å². The van der Waals surface area contributed by atoms with Crippen LogP contribution in [-0.2, 0) is 14.4 Å². The zero-order valence-electron chi connectivity index (χ0n) is 13.1. The molecule has 2 N–H and O–H groups in total. The quantitative estimate of drug-likeness (QED) is 0.522. The summed E-state index contributed by atoms with van der Waals surface area (Å²) in [5.74, 6) is -1.26. The summed E-state index contributed by atoms with van der Waals surface area (Å²) in [6, 6.07) is 6.13. The molecule has 0 radical (unpaired) electrons. The van der Waals surface area contributed by atoms with E-state index in [9.17, 15) is 19.5 Å². The number of fused-ring (bicyclic) bond motifs is 5. The first-order valence-corrected chi connectivity index (χ1v) is 9.94. The molecular formula is C17H16Br2N2O4. The summed E-state index contributed by atoms with van der Waals surface area (Å²) in [6.45, 7) is -0.292. The molecule has 2 saturated carbocycles. The van der Waals surface area contributed by atoms with Crippen LogP contribution in [0.25, 0.3) is 0 Å². The molecule has 1 aliphatic heterocycles. The molecule has 1 saturated heterocycles. The number of anilines is 1. The second-order valence-corrected chi connectivity index (χ2v) is 8.98. The number of carbonyl (C=O) groups is 3. The number of halogens is 2. The molecule has 25 heavy (non-hydrogen) atoms. The number of alkyl halides is 2. The van der Waals surface area contributed by atoms with Crippen molar-refractivity contribution in [2.24, 2.45) is 23.7 Å². The molecule has 1 aromatic carbocycles. The lowest BCUT2D eigenvalue weighted by Gasteiger charge is -2.28. The van der Waals surface area contributed by atoms with Crippen molar-refractivity contribution in [2.45, 2.75) is 16.1 Å². The smallest absolute Gasteiger partial charge is 0.244 e. The van der Waals surface area contributed by atoms with Crippen LogP contribution in [0.2, 0.25) is 0 Å². The number of phenols is 1. The van der Waals surface area contributed by atoms with Crippen molar-refractivity contribution in [1.29, 1.82) is 0 Å². The Bertz CT molecular complexity index is 739. The van der Waals surface area contributed by atoms with E-state index in [1.54, 1.807) is 12.1 Å². The van der Waals surface area contributed by atoms with Crippen LogP contribution in [0, 0.1) is 23.7 Å². The van der Waals surface area contributed by atoms with Gasteiger partial charge in [-0.3, -0.25) is 19.3 Å². The van der Waals surface area contributed by atoms with E-state index < -0.39 is 5.91 Å². The molecule has 1 aromatic rings. The molecule has 2 aliphatic carbocycles. The van der Waals surface area contributed by atoms with Crippen LogP contribution in [0.4, 0.5) is 5.69 Å². The number of hydrogen-bond donors (Lipinski definition) is 2. The van der Waals surface area contributed by atoms with Gasteiger partial charge in [0.2, 0.25) is 17.7 Å². The molecule has 6 nitrogen and oxygen atoms in total. The minimum absolute atomic E-state index is 0.0314. The summed E-state index contributed by atoms with van der Waals surface area (Å²) in [6.07, 6.45) is 0.863. The first kappa shape index (κ1) is 17.0. The molecule has 0 spiro atoms. The third kappa shape index (κ3) is 2.61. The van der Waals surface area contributed by atoms with Crippen molar-refractivity contribution in [2.75, 3.05) is 11.9 Å². The molecule has 3 fully saturated rings. The van der Waals surface area contributed by atoms with Gasteiger partial charge in [0.05, 0.1) is 11.8 Å². The predicted molar refractivity (Wildman–Crippen MR) is 97.5 cm³/mol. The highest BCUT2D eigenvalue weighted by molar-refractivity contribution is 9.12. The minimum atomic E-state index is -0.453. The summed E-state index contributed by atoms with van der Waals surface area (Å²) in [5, 5.41) is 12.0. The number of hydrogen-bond acceptors (Lipinski definition) is 4. The summed E-state index contributed by atoms with van der Waals surface area (Å²) >= 11 is 7.27. The van der Waals surface area contributed by atoms with Crippen molar-refractivity contribution >= 4 is 55.3 Å². The fourth-order valence-corrected chi connectivity index (χ4v) is 6.37. The van der Waals surface area contributed by atoms with Gasteiger partial charge in [-0.2, -0.15) is 0 Å². The van der Waals surface area contributed by atoms with E-state index in [1.165, 1.54) is 12.1 Å². The molecule has 3 aliphatic rings. The van der Waals surface area contributed by atoms with Crippen LogP contribution in [0.3, 0.4) is 0 Å². The first-order chi connectivity index (χ1) is 11.9. The molecule has 0 aromatic heterocycles. The third-order valence-electron chi connectivity index (χ3n) is 5.51. The third-order valence-corrected chi connectivity index (χ3v) is 8.72. The number of imide groups is 1. The lowest BCUT2D eigenvalue weighted by molar-refractivity contribution is -0.143. The van der Waals surface area contributed by atoms with Gasteiger partial charge in [-0.25, -0.2) is 0 Å². The van der Waals surface area contributed by atoms with Crippen LogP contribution in [0.15, 0.2) is 24.3 Å². The minimum Gasteiger partial charge on any atom is -0.508 e. The maximum Gasteiger partial charge on any atom is 0.244 e. The van der Waals surface area contributed by atoms with E-state index >= 15 is 0 Å². The van der Waals surface area contributed by atoms with Crippen LogP contribution in [0.5, 0.6) is 5.75 Å². The van der Waals surface area contributed by atoms with Crippen LogP contribution in [0.1, 0.15) is 6.42 Å². The number of likely N-dealkylation sites (tertiary alicyclic amines) is 1. The predicted octanol–water partition coefficient (Wildman–Crippen LogP) is 2.11. The number of nitrogens with one attached hydrogen (secondary N) is 1. The van der Waals surface area contributed by atoms with E-state index in [4.69, 9.17) is 0 Å². The van der Waals surface area contributed by atoms with Gasteiger partial charge in [0, 0.05) is 21.4 Å². The van der Waals surface area contributed by atoms with Gasteiger partial charge in [-0.05, 0) is 30.4 Å². The van der Waals surface area contributed by atoms with E-state index in [2.05, 4.69) is 37.2 Å². The molecular weight excluding hydrogens is 456 g/mol. The molecule has 1 heterocycles. The molecule has 4 rings (SSSR count). The second-order valence-electron chi connectivity index (χ2n) is 6.86. The van der Waals surface area contributed by atoms with Crippen molar-refractivity contribution in [3.63, 3.8) is 0 Å². The average Bonchev–Trinajstić information content (AvgIpc) is 3.15. The van der Waals surface area contributed by atoms with E-state index in [1.807, 2.05) is 0 Å². The number of rotatable bonds is 3. The molecule has 3 amide bonds. The lowest BCUT2D eigenvalue weighted by Crippen LogP contribution is -2.39. The van der Waals surface area contributed by atoms with Gasteiger partial charge in [-0.1, -0.05) is 37.9 Å². The van der Waals surface area contributed by atoms with Crippen LogP contribution in [-0.4, -0.2) is 43.9 Å². The maximum absolute atomic E-state index is 12.7. The van der Waals surface area contributed by atoms with E-state index in [0.717, 1.165) is 11.3 Å². The number of aromatic hydroxyl groups is 1. The second kappa shape index (κ2) is 6.09. The SMILES string of the molecule is O=C(CN1C(=O)[C@@H]2[C@H]3C[C@@H]([C@H](Br)[C@H]3Br)[C@H]2C1=O)Nc1cccc(O)c1. The molecule has 6 atom stereocenters. The number of phenolic OH excluding ortho intramolecular Hbond substituents is 1. The summed E-state index contributed by atoms with van der Waals surface area (Å²) in [5.41, 5.74) is 0.422. The maximum atomic E-state index is 12.7. The van der Waals surface area contributed by atoms with Gasteiger partial charge < -0.3 is 10.4 Å². The van der Waals surface area contributed by atoms with Crippen molar-refractivity contribution in [3.8, 4) is 5.75 Å². The monoisotopic (exact) mass is 470 g/mol. The number of nitrogens with zero attached hydrogens (tertiary/aromatic N) is 1. The largest absolute Gasteiger partial charge is 0.508 e. The lowest BCUT2D eigenvalue weighted by atomic mass is 9.81. The van der Waals surface area contributed by atoms with Crippen molar-refractivity contribution < 1.29 is 19.5 Å². The fourth-order valence-electron chi connectivity index (χ4n) is 4.49. The van der Waals surface area contributed by atoms with Gasteiger partial charge in [0.1, 0.15) is 12.3 Å². The van der Waals surface area contributed by atoms with Crippen molar-refractivity contribution in [3.05, 3.63) is 24.3 Å². The van der Waals surface area contributed by atoms with Crippen molar-refractivity contribution in [1.82, 2.24) is 4.90 Å². The summed E-state index contributed by atoms with van der Waals surface area (Å²) in [7, 11) is 0. The molecule has 2 bridgehead atoms. The number of amides is 3. The van der Waals surface area contributed by atoms with E-state index in [0.29, 0.717) is 5.69 Å². The van der Waals surface area contributed by atoms with Gasteiger partial charge in [0.25, 0.3) is 0 Å². The topological polar surface area (TPSA) is 86.7 Å². The Morgan fingerprint density at radius 3 is 2.32 bits per heavy atom. The standard InChI is InChI=1S/C17H16Br2N2O4/c18-14-9-5-10(15(14)19)13-12(9)16(24)21(17(13)25)6-11(23)20-7-2-1-3-8(22)4-7/h1-4,9-10,12-15,22H,5-6H2,(H,20,23)/t9-,10-,12-,13-,14+,15+/m1/s1. The zero-order chi connectivity index (χ0) is 17.9. The molecule has 8 heteroatoms.